The fraction of sp³-hybridized carbons (Fsp3) is 0.922. The highest BCUT2D eigenvalue weighted by Crippen LogP contribution is 2.26. The first-order valence-corrected chi connectivity index (χ1v) is 34.1. The zero-order valence-corrected chi connectivity index (χ0v) is 50.6. The molecule has 0 aliphatic carbocycles. The van der Waals surface area contributed by atoms with Crippen molar-refractivity contribution >= 4 is 16.3 Å². The summed E-state index contributed by atoms with van der Waals surface area (Å²) in [5.74, 6) is -0.256. The molecule has 7 unspecified atom stereocenters. The Bertz CT molecular complexity index is 1450. The molecule has 1 fully saturated rings. The minimum absolute atomic E-state index is 0.256. The first-order chi connectivity index (χ1) is 37.5. The summed E-state index contributed by atoms with van der Waals surface area (Å²) < 4.78 is 47.9. The maximum atomic E-state index is 13.2. The van der Waals surface area contributed by atoms with Gasteiger partial charge < -0.3 is 35.2 Å². The lowest BCUT2D eigenvalue weighted by atomic mass is 9.99. The molecule has 1 amide bonds. The van der Waals surface area contributed by atoms with Crippen LogP contribution in [0.5, 0.6) is 0 Å². The SMILES string of the molecule is CCCCCCCCCCCCCC/C=C\CCCCCCCCCCCCCCCCCCCC(=O)NC(COC1OC(CO)C(O)C(OS(=O)(=O)O)C1O)C(O)/C=C/CCCCCCCCCCCCCCCCC. The molecule has 0 aromatic heterocycles. The first-order valence-electron chi connectivity index (χ1n) is 32.7. The van der Waals surface area contributed by atoms with E-state index in [1.54, 1.807) is 6.08 Å². The highest BCUT2D eigenvalue weighted by molar-refractivity contribution is 7.80. The number of allylic oxidation sites excluding steroid dienone is 3. The van der Waals surface area contributed by atoms with Crippen LogP contribution < -0.4 is 5.32 Å². The molecule has 12 nitrogen and oxygen atoms in total. The van der Waals surface area contributed by atoms with Gasteiger partial charge in [0.1, 0.15) is 24.4 Å². The summed E-state index contributed by atoms with van der Waals surface area (Å²) in [5, 5.41) is 45.0. The molecule has 1 saturated heterocycles. The summed E-state index contributed by atoms with van der Waals surface area (Å²) in [7, 11) is -5.09. The average Bonchev–Trinajstić information content (AvgIpc) is 3.41. The number of rotatable bonds is 58. The Kier molecular flexibility index (Phi) is 51.5. The van der Waals surface area contributed by atoms with Gasteiger partial charge in [-0.2, -0.15) is 8.42 Å². The summed E-state index contributed by atoms with van der Waals surface area (Å²) in [6, 6.07) is -0.942. The van der Waals surface area contributed by atoms with Crippen LogP contribution in [0.3, 0.4) is 0 Å². The smallest absolute Gasteiger partial charge is 0.394 e. The number of amides is 1. The van der Waals surface area contributed by atoms with Gasteiger partial charge in [-0.15, -0.1) is 0 Å². The van der Waals surface area contributed by atoms with E-state index in [1.165, 1.54) is 257 Å². The van der Waals surface area contributed by atoms with Gasteiger partial charge in [0.25, 0.3) is 0 Å². The second-order valence-corrected chi connectivity index (χ2v) is 24.1. The Morgan fingerprint density at radius 1 is 0.506 bits per heavy atom. The fourth-order valence-electron chi connectivity index (χ4n) is 10.7. The maximum absolute atomic E-state index is 13.2. The van der Waals surface area contributed by atoms with Gasteiger partial charge in [-0.1, -0.05) is 295 Å². The Morgan fingerprint density at radius 3 is 1.17 bits per heavy atom. The number of nitrogens with one attached hydrogen (secondary N) is 1. The molecule has 1 rings (SSSR count). The largest absolute Gasteiger partial charge is 0.397 e. The van der Waals surface area contributed by atoms with Gasteiger partial charge in [0.05, 0.1) is 25.4 Å². The van der Waals surface area contributed by atoms with Crippen LogP contribution in [0.2, 0.25) is 0 Å². The molecule has 456 valence electrons. The van der Waals surface area contributed by atoms with Crippen molar-refractivity contribution < 1.29 is 51.8 Å². The van der Waals surface area contributed by atoms with Crippen LogP contribution in [0.4, 0.5) is 0 Å². The number of unbranched alkanes of at least 4 members (excludes halogenated alkanes) is 44. The van der Waals surface area contributed by atoms with Crippen molar-refractivity contribution in [3.63, 3.8) is 0 Å². The molecule has 0 aromatic rings. The van der Waals surface area contributed by atoms with Crippen molar-refractivity contribution in [3.05, 3.63) is 24.3 Å². The fourth-order valence-corrected chi connectivity index (χ4v) is 11.2. The van der Waals surface area contributed by atoms with Crippen LogP contribution in [0.15, 0.2) is 24.3 Å². The van der Waals surface area contributed by atoms with Crippen molar-refractivity contribution in [1.82, 2.24) is 5.32 Å². The van der Waals surface area contributed by atoms with Gasteiger partial charge >= 0.3 is 10.4 Å². The van der Waals surface area contributed by atoms with E-state index >= 15 is 0 Å². The number of ether oxygens (including phenoxy) is 2. The minimum Gasteiger partial charge on any atom is -0.394 e. The molecule has 7 atom stereocenters. The molecule has 0 bridgehead atoms. The lowest BCUT2D eigenvalue weighted by Crippen LogP contribution is -2.61. The Balaban J connectivity index is 2.23. The molecule has 6 N–H and O–H groups in total. The first kappa shape index (κ1) is 73.6. The second-order valence-electron chi connectivity index (χ2n) is 23.1. The Hall–Kier alpha value is -1.42. The zero-order valence-electron chi connectivity index (χ0n) is 49.8. The van der Waals surface area contributed by atoms with E-state index in [2.05, 4.69) is 35.5 Å². The highest BCUT2D eigenvalue weighted by atomic mass is 32.3. The third-order valence-corrected chi connectivity index (χ3v) is 16.2. The predicted octanol–water partition coefficient (Wildman–Crippen LogP) is 16.4. The highest BCUT2D eigenvalue weighted by Gasteiger charge is 2.48. The summed E-state index contributed by atoms with van der Waals surface area (Å²) in [6.45, 7) is 3.44. The molecular weight excluding hydrogens is 991 g/mol. The number of carbonyl (C=O) groups is 1. The van der Waals surface area contributed by atoms with Gasteiger partial charge in [0.2, 0.25) is 5.91 Å². The van der Waals surface area contributed by atoms with Crippen molar-refractivity contribution in [2.45, 2.75) is 365 Å². The van der Waals surface area contributed by atoms with Gasteiger partial charge in [0.15, 0.2) is 6.29 Å². The van der Waals surface area contributed by atoms with Crippen molar-refractivity contribution in [1.29, 1.82) is 0 Å². The van der Waals surface area contributed by atoms with E-state index in [-0.39, 0.29) is 18.9 Å². The zero-order chi connectivity index (χ0) is 56.1. The molecule has 77 heavy (non-hydrogen) atoms. The minimum atomic E-state index is -5.09. The third-order valence-electron chi connectivity index (χ3n) is 15.7. The molecule has 0 saturated carbocycles. The lowest BCUT2D eigenvalue weighted by Gasteiger charge is -2.41. The van der Waals surface area contributed by atoms with Crippen LogP contribution in [-0.2, 0) is 28.9 Å². The molecule has 1 aliphatic rings. The normalized spacial score (nSPS) is 19.0. The summed E-state index contributed by atoms with van der Waals surface area (Å²) in [4.78, 5) is 13.2. The molecule has 1 heterocycles. The van der Waals surface area contributed by atoms with E-state index in [9.17, 15) is 38.2 Å². The molecule has 0 radical (unpaired) electrons. The molecular formula is C64H123NO11S. The maximum Gasteiger partial charge on any atom is 0.397 e. The topological polar surface area (TPSA) is 192 Å². The molecule has 1 aliphatic heterocycles. The standard InChI is InChI=1S/C64H123NO11S/c1-3-5-7-9-11-13-15-17-19-21-22-23-24-25-26-27-28-29-30-31-32-33-34-35-36-38-40-42-44-46-48-50-52-54-60(68)65-57(56-74-64-62(70)63(76-77(71,72)73)61(69)59(55-66)75-64)58(67)53-51-49-47-45-43-41-39-37-20-18-16-14-12-10-8-6-4-2/h25-26,51,53,57-59,61-64,66-67,69-70H,3-24,27-50,52,54-56H2,1-2H3,(H,65,68)(H,71,72,73)/b26-25-,53-51+. The molecule has 0 spiro atoms. The second kappa shape index (κ2) is 53.9. The van der Waals surface area contributed by atoms with Crippen LogP contribution in [0.25, 0.3) is 0 Å². The number of aliphatic hydroxyl groups is 4. The van der Waals surface area contributed by atoms with Crippen LogP contribution in [0, 0.1) is 0 Å². The van der Waals surface area contributed by atoms with Gasteiger partial charge in [-0.25, -0.2) is 4.18 Å². The lowest BCUT2D eigenvalue weighted by molar-refractivity contribution is -0.298. The molecule has 0 aromatic carbocycles. The quantitative estimate of drug-likeness (QED) is 0.0193. The number of hydrogen-bond acceptors (Lipinski definition) is 10. The Labute approximate surface area is 473 Å². The van der Waals surface area contributed by atoms with E-state index < -0.39 is 59.9 Å². The summed E-state index contributed by atoms with van der Waals surface area (Å²) in [6.07, 6.45) is 59.6. The monoisotopic (exact) mass is 1110 g/mol. The number of hydrogen-bond donors (Lipinski definition) is 6. The van der Waals surface area contributed by atoms with Crippen LogP contribution in [-0.4, -0.2) is 95.4 Å². The van der Waals surface area contributed by atoms with Crippen LogP contribution >= 0.6 is 0 Å². The van der Waals surface area contributed by atoms with E-state index in [0.717, 1.165) is 38.5 Å². The summed E-state index contributed by atoms with van der Waals surface area (Å²) in [5.41, 5.74) is 0. The van der Waals surface area contributed by atoms with Crippen molar-refractivity contribution in [2.75, 3.05) is 13.2 Å². The predicted molar refractivity (Wildman–Crippen MR) is 319 cm³/mol. The van der Waals surface area contributed by atoms with E-state index in [1.807, 2.05) is 6.08 Å². The van der Waals surface area contributed by atoms with Gasteiger partial charge in [-0.05, 0) is 44.9 Å². The van der Waals surface area contributed by atoms with E-state index in [4.69, 9.17) is 9.47 Å². The third kappa shape index (κ3) is 45.8. The van der Waals surface area contributed by atoms with Crippen molar-refractivity contribution in [3.8, 4) is 0 Å². The number of aliphatic hydroxyl groups excluding tert-OH is 4. The van der Waals surface area contributed by atoms with Gasteiger partial charge in [-0.3, -0.25) is 9.35 Å². The number of carbonyl (C=O) groups excluding carboxylic acids is 1. The van der Waals surface area contributed by atoms with Crippen LogP contribution in [0.1, 0.15) is 322 Å². The average molecular weight is 1110 g/mol. The van der Waals surface area contributed by atoms with Crippen molar-refractivity contribution in [2.24, 2.45) is 0 Å². The molecule has 13 heteroatoms. The van der Waals surface area contributed by atoms with E-state index in [0.29, 0.717) is 6.42 Å². The van der Waals surface area contributed by atoms with Gasteiger partial charge in [0, 0.05) is 6.42 Å². The summed E-state index contributed by atoms with van der Waals surface area (Å²) >= 11 is 0. The Morgan fingerprint density at radius 2 is 0.831 bits per heavy atom.